The summed E-state index contributed by atoms with van der Waals surface area (Å²) in [6, 6.07) is 45.0. The van der Waals surface area contributed by atoms with Crippen LogP contribution in [-0.2, 0) is 0 Å². The molecule has 2 aromatic heterocycles. The van der Waals surface area contributed by atoms with E-state index in [2.05, 4.69) is 225 Å². The van der Waals surface area contributed by atoms with Gasteiger partial charge in [-0.15, -0.1) is 21.9 Å². The third kappa shape index (κ3) is 5.74. The van der Waals surface area contributed by atoms with Crippen molar-refractivity contribution in [3.63, 3.8) is 0 Å². The molecule has 62 heavy (non-hydrogen) atoms. The Morgan fingerprint density at radius 1 is 0.290 bits per heavy atom. The summed E-state index contributed by atoms with van der Waals surface area (Å²) in [5, 5.41) is 5.31. The summed E-state index contributed by atoms with van der Waals surface area (Å²) in [5.41, 5.74) is 31.5. The van der Waals surface area contributed by atoms with Gasteiger partial charge in [0.1, 0.15) is 94.2 Å². The van der Waals surface area contributed by atoms with Gasteiger partial charge in [0.05, 0.1) is 11.0 Å². The molecule has 10 aromatic rings. The summed E-state index contributed by atoms with van der Waals surface area (Å²) in [4.78, 5) is 0. The number of aromatic nitrogens is 2. The maximum Gasteiger partial charge on any atom is 0.141 e. The van der Waals surface area contributed by atoms with E-state index in [0.29, 0.717) is 0 Å². The summed E-state index contributed by atoms with van der Waals surface area (Å²) < 4.78 is 5.06. The lowest BCUT2D eigenvalue weighted by molar-refractivity contribution is 1.18. The van der Waals surface area contributed by atoms with E-state index in [0.717, 1.165) is 0 Å². The van der Waals surface area contributed by atoms with Crippen molar-refractivity contribution in [2.45, 2.75) is 0 Å². The third-order valence-corrected chi connectivity index (χ3v) is 15.2. The van der Waals surface area contributed by atoms with Gasteiger partial charge in [0.2, 0.25) is 0 Å². The van der Waals surface area contributed by atoms with Gasteiger partial charge in [-0.2, -0.15) is 0 Å². The lowest BCUT2D eigenvalue weighted by Gasteiger charge is -2.21. The zero-order valence-corrected chi connectivity index (χ0v) is 38.4. The molecule has 0 saturated heterocycles. The Hall–Kier alpha value is -5.86. The van der Waals surface area contributed by atoms with E-state index in [9.17, 15) is 0 Å². The van der Waals surface area contributed by atoms with Crippen molar-refractivity contribution < 1.29 is 0 Å². The van der Waals surface area contributed by atoms with Crippen LogP contribution in [0.3, 0.4) is 0 Å². The van der Waals surface area contributed by atoms with Gasteiger partial charge in [-0.25, -0.2) is 0 Å². The predicted octanol–water partition coefficient (Wildman–Crippen LogP) is -8.02. The molecule has 282 valence electrons. The molecule has 14 heteroatoms. The van der Waals surface area contributed by atoms with Crippen molar-refractivity contribution in [1.82, 2.24) is 9.13 Å². The molecule has 0 radical (unpaired) electrons. The molecule has 0 bridgehead atoms. The summed E-state index contributed by atoms with van der Waals surface area (Å²) >= 11 is 0. The highest BCUT2D eigenvalue weighted by Crippen LogP contribution is 2.40. The van der Waals surface area contributed by atoms with Gasteiger partial charge in [0, 0.05) is 38.6 Å². The van der Waals surface area contributed by atoms with Crippen LogP contribution in [0.4, 0.5) is 0 Å². The minimum atomic E-state index is 1.17. The lowest BCUT2D eigenvalue weighted by Crippen LogP contribution is -2.55. The van der Waals surface area contributed by atoms with Gasteiger partial charge in [-0.1, -0.05) is 123 Å². The molecule has 0 aliphatic carbocycles. The minimum Gasteiger partial charge on any atom is -0.310 e. The largest absolute Gasteiger partial charge is 0.310 e. The highest BCUT2D eigenvalue weighted by atomic mass is 15.0. The van der Waals surface area contributed by atoms with Crippen LogP contribution in [-0.4, -0.2) is 103 Å². The van der Waals surface area contributed by atoms with E-state index < -0.39 is 0 Å². The van der Waals surface area contributed by atoms with Crippen molar-refractivity contribution in [2.75, 3.05) is 0 Å². The molecule has 2 heterocycles. The first-order valence-electron chi connectivity index (χ1n) is 22.2. The first kappa shape index (κ1) is 40.2. The Labute approximate surface area is 376 Å². The molecule has 0 saturated carbocycles. The van der Waals surface area contributed by atoms with E-state index in [1.165, 1.54) is 154 Å². The maximum atomic E-state index is 2.59. The highest BCUT2D eigenvalue weighted by Gasteiger charge is 2.26. The van der Waals surface area contributed by atoms with Gasteiger partial charge >= 0.3 is 0 Å². The van der Waals surface area contributed by atoms with E-state index in [4.69, 9.17) is 0 Å². The first-order valence-corrected chi connectivity index (χ1v) is 22.2. The monoisotopic (exact) mass is 780 g/mol. The quantitative estimate of drug-likeness (QED) is 0.154. The number of hydrogen-bond acceptors (Lipinski definition) is 0. The zero-order chi connectivity index (χ0) is 43.5. The highest BCUT2D eigenvalue weighted by molar-refractivity contribution is 6.70. The second kappa shape index (κ2) is 14.9. The van der Waals surface area contributed by atoms with Gasteiger partial charge in [-0.05, 0) is 81.2 Å². The van der Waals surface area contributed by atoms with Crippen LogP contribution in [0.2, 0.25) is 0 Å². The van der Waals surface area contributed by atoms with Crippen molar-refractivity contribution in [3.8, 4) is 44.8 Å². The molecule has 10 rings (SSSR count). The van der Waals surface area contributed by atoms with Crippen LogP contribution in [0.25, 0.3) is 88.4 Å². The Morgan fingerprint density at radius 3 is 1.48 bits per heavy atom. The van der Waals surface area contributed by atoms with E-state index in [1.54, 1.807) is 0 Å². The Bertz CT molecular complexity index is 3510. The van der Waals surface area contributed by atoms with Crippen molar-refractivity contribution >= 4 is 203 Å². The van der Waals surface area contributed by atoms with Crippen LogP contribution >= 0.6 is 0 Å². The van der Waals surface area contributed by atoms with Crippen LogP contribution in [0.15, 0.2) is 121 Å². The van der Waals surface area contributed by atoms with Crippen molar-refractivity contribution in [3.05, 3.63) is 121 Å². The molecule has 0 amide bonds. The maximum absolute atomic E-state index is 2.59. The number of hydrogen-bond donors (Lipinski definition) is 0. The Kier molecular flexibility index (Phi) is 9.67. The normalized spacial score (nSPS) is 11.7. The van der Waals surface area contributed by atoms with Crippen LogP contribution < -0.4 is 65.6 Å². The molecule has 0 fully saturated rings. The smallest absolute Gasteiger partial charge is 0.141 e. The van der Waals surface area contributed by atoms with Crippen molar-refractivity contribution in [1.29, 1.82) is 0 Å². The Balaban J connectivity index is 1.32. The topological polar surface area (TPSA) is 9.86 Å². The molecule has 0 unspecified atom stereocenters. The average molecular weight is 779 g/mol. The van der Waals surface area contributed by atoms with Crippen LogP contribution in [0, 0.1) is 0 Å². The lowest BCUT2D eigenvalue weighted by atomic mass is 9.59. The predicted molar refractivity (Wildman–Crippen MR) is 310 cm³/mol. The van der Waals surface area contributed by atoms with Gasteiger partial charge in [-0.3, -0.25) is 0 Å². The fourth-order valence-electron chi connectivity index (χ4n) is 11.1. The molecule has 0 aliphatic rings. The molecular formula is C48H44B12N2. The molecule has 2 nitrogen and oxygen atoms in total. The third-order valence-electron chi connectivity index (χ3n) is 15.2. The number of para-hydroxylation sites is 1. The van der Waals surface area contributed by atoms with Crippen molar-refractivity contribution in [2.24, 2.45) is 0 Å². The molecular weight excluding hydrogens is 734 g/mol. The van der Waals surface area contributed by atoms with E-state index >= 15 is 0 Å². The summed E-state index contributed by atoms with van der Waals surface area (Å²) in [6.45, 7) is 0. The number of rotatable bonds is 5. The average Bonchev–Trinajstić information content (AvgIpc) is 3.83. The standard InChI is InChI=1S/C48H44B12N2/c49-35-30(36(50)45(59)47-33(35)34-39(53)42(56)44(58)46(60)48(34)62(47)25-14-7-11-22(19-25)21-9-3-1-4-10-21)23-17-18-28-27(20-23)31-26(32-37(51)40(54)43(57)41(55)38(32)52)15-8-16-29(31)61(28)24-12-5-2-6-13-24/h1-20H,49-60H2. The van der Waals surface area contributed by atoms with Gasteiger partial charge in [0.25, 0.3) is 0 Å². The number of benzene rings is 8. The fourth-order valence-corrected chi connectivity index (χ4v) is 11.1. The number of fused-ring (bicyclic) bond motifs is 6. The van der Waals surface area contributed by atoms with Gasteiger partial charge < -0.3 is 9.13 Å². The summed E-state index contributed by atoms with van der Waals surface area (Å²) in [7, 11) is 27.8. The van der Waals surface area contributed by atoms with Gasteiger partial charge in [0.15, 0.2) is 0 Å². The number of nitrogens with zero attached hydrogens (tertiary/aromatic N) is 2. The molecule has 0 N–H and O–H groups in total. The van der Waals surface area contributed by atoms with E-state index in [1.807, 2.05) is 0 Å². The summed E-state index contributed by atoms with van der Waals surface area (Å²) in [5.74, 6) is 0. The SMILES string of the molecule is Bc1c(B)c(B)c(-c2cccc3c2c2cc(-c4c(B)c(B)c5c(c4B)c4c(B)c(B)c(B)c(B)c4n5-c4cccc(-c5ccccc5)c4)ccc2n3-c2ccccc2)c(B)c1B. The molecule has 0 spiro atoms. The fraction of sp³-hybridized carbons (Fsp3) is 0. The minimum absolute atomic E-state index is 1.17. The van der Waals surface area contributed by atoms with E-state index in [-0.39, 0.29) is 0 Å². The zero-order valence-electron chi connectivity index (χ0n) is 38.4. The molecule has 0 aliphatic heterocycles. The van der Waals surface area contributed by atoms with Crippen LogP contribution in [0.1, 0.15) is 0 Å². The second-order valence-corrected chi connectivity index (χ2v) is 18.1. The van der Waals surface area contributed by atoms with Crippen LogP contribution in [0.5, 0.6) is 0 Å². The first-order chi connectivity index (χ1) is 29.8. The second-order valence-electron chi connectivity index (χ2n) is 18.1. The molecule has 0 atom stereocenters. The Morgan fingerprint density at radius 2 is 0.806 bits per heavy atom. The summed E-state index contributed by atoms with van der Waals surface area (Å²) in [6.07, 6.45) is 0. The molecule has 8 aromatic carbocycles.